The van der Waals surface area contributed by atoms with Crippen LogP contribution < -0.4 is 5.32 Å². The number of carbonyl (C=O) groups excluding carboxylic acids is 2. The molecule has 0 atom stereocenters. The standard InChI is InChI=1S/C15H18N2O4/c1-2-21-14(19)6-7-17-15(20)13-9-12(10-16-11-13)5-3-4-8-18/h9-11,18H,2,4,6-8H2,1H3,(H,17,20). The summed E-state index contributed by atoms with van der Waals surface area (Å²) in [7, 11) is 0. The first kappa shape index (κ1) is 16.7. The number of rotatable bonds is 6. The zero-order chi connectivity index (χ0) is 15.5. The second-order valence-electron chi connectivity index (χ2n) is 4.05. The first-order valence-electron chi connectivity index (χ1n) is 6.66. The fourth-order valence-electron chi connectivity index (χ4n) is 1.47. The highest BCUT2D eigenvalue weighted by Gasteiger charge is 2.07. The van der Waals surface area contributed by atoms with Crippen LogP contribution in [0.1, 0.15) is 35.7 Å². The summed E-state index contributed by atoms with van der Waals surface area (Å²) in [5.41, 5.74) is 0.969. The van der Waals surface area contributed by atoms with Crippen LogP contribution in [0.3, 0.4) is 0 Å². The van der Waals surface area contributed by atoms with E-state index in [0.29, 0.717) is 24.2 Å². The number of aliphatic hydroxyl groups is 1. The molecule has 1 aromatic rings. The first-order valence-corrected chi connectivity index (χ1v) is 6.66. The second kappa shape index (κ2) is 9.50. The van der Waals surface area contributed by atoms with E-state index >= 15 is 0 Å². The lowest BCUT2D eigenvalue weighted by atomic mass is 10.2. The lowest BCUT2D eigenvalue weighted by Crippen LogP contribution is -2.26. The largest absolute Gasteiger partial charge is 0.466 e. The van der Waals surface area contributed by atoms with Gasteiger partial charge in [0.25, 0.3) is 5.91 Å². The topological polar surface area (TPSA) is 88.5 Å². The lowest BCUT2D eigenvalue weighted by molar-refractivity contribution is -0.142. The molecule has 6 heteroatoms. The molecule has 112 valence electrons. The molecule has 0 aromatic carbocycles. The van der Waals surface area contributed by atoms with Crippen LogP contribution in [0.25, 0.3) is 0 Å². The van der Waals surface area contributed by atoms with Gasteiger partial charge >= 0.3 is 5.97 Å². The van der Waals surface area contributed by atoms with Gasteiger partial charge in [-0.1, -0.05) is 11.8 Å². The van der Waals surface area contributed by atoms with Crippen LogP contribution in [0, 0.1) is 11.8 Å². The number of aromatic nitrogens is 1. The number of amides is 1. The third-order valence-electron chi connectivity index (χ3n) is 2.39. The predicted octanol–water partition coefficient (Wildman–Crippen LogP) is 0.498. The highest BCUT2D eigenvalue weighted by Crippen LogP contribution is 2.01. The Morgan fingerprint density at radius 2 is 2.24 bits per heavy atom. The molecule has 0 radical (unpaired) electrons. The van der Waals surface area contributed by atoms with E-state index in [9.17, 15) is 9.59 Å². The molecule has 1 rings (SSSR count). The van der Waals surface area contributed by atoms with E-state index in [-0.39, 0.29) is 31.4 Å². The zero-order valence-electron chi connectivity index (χ0n) is 11.9. The van der Waals surface area contributed by atoms with Crippen LogP contribution in [0.2, 0.25) is 0 Å². The van der Waals surface area contributed by atoms with Gasteiger partial charge in [-0.05, 0) is 13.0 Å². The molecule has 1 heterocycles. The Bertz CT molecular complexity index is 546. The summed E-state index contributed by atoms with van der Waals surface area (Å²) < 4.78 is 4.76. The molecule has 1 aromatic heterocycles. The minimum absolute atomic E-state index is 0.00549. The third-order valence-corrected chi connectivity index (χ3v) is 2.39. The summed E-state index contributed by atoms with van der Waals surface area (Å²) >= 11 is 0. The van der Waals surface area contributed by atoms with Crippen molar-refractivity contribution in [2.75, 3.05) is 19.8 Å². The maximum Gasteiger partial charge on any atom is 0.307 e. The van der Waals surface area contributed by atoms with Crippen LogP contribution >= 0.6 is 0 Å². The van der Waals surface area contributed by atoms with Gasteiger partial charge in [0.15, 0.2) is 0 Å². The number of nitrogens with one attached hydrogen (secondary N) is 1. The SMILES string of the molecule is CCOC(=O)CCNC(=O)c1cncc(C#CCCO)c1. The zero-order valence-corrected chi connectivity index (χ0v) is 11.9. The Hall–Kier alpha value is -2.39. The maximum absolute atomic E-state index is 11.9. The van der Waals surface area contributed by atoms with Gasteiger partial charge in [-0.2, -0.15) is 0 Å². The first-order chi connectivity index (χ1) is 10.2. The van der Waals surface area contributed by atoms with Crippen molar-refractivity contribution in [1.82, 2.24) is 10.3 Å². The number of pyridine rings is 1. The van der Waals surface area contributed by atoms with E-state index in [1.54, 1.807) is 19.2 Å². The minimum Gasteiger partial charge on any atom is -0.466 e. The molecule has 0 fully saturated rings. The van der Waals surface area contributed by atoms with Crippen LogP contribution in [-0.2, 0) is 9.53 Å². The van der Waals surface area contributed by atoms with E-state index < -0.39 is 0 Å². The molecule has 0 aliphatic rings. The molecule has 0 bridgehead atoms. The minimum atomic E-state index is -0.348. The summed E-state index contributed by atoms with van der Waals surface area (Å²) in [6.07, 6.45) is 3.47. The number of esters is 1. The highest BCUT2D eigenvalue weighted by atomic mass is 16.5. The van der Waals surface area contributed by atoms with Crippen LogP contribution in [-0.4, -0.2) is 41.7 Å². The van der Waals surface area contributed by atoms with Gasteiger partial charge in [0.2, 0.25) is 0 Å². The highest BCUT2D eigenvalue weighted by molar-refractivity contribution is 5.94. The number of aliphatic hydroxyl groups excluding tert-OH is 1. The Labute approximate surface area is 123 Å². The monoisotopic (exact) mass is 290 g/mol. The van der Waals surface area contributed by atoms with Gasteiger partial charge in [-0.3, -0.25) is 14.6 Å². The Morgan fingerprint density at radius 3 is 2.95 bits per heavy atom. The molecule has 2 N–H and O–H groups in total. The normalized spacial score (nSPS) is 9.43. The van der Waals surface area contributed by atoms with Crippen molar-refractivity contribution in [1.29, 1.82) is 0 Å². The smallest absolute Gasteiger partial charge is 0.307 e. The number of nitrogens with zero attached hydrogens (tertiary/aromatic N) is 1. The van der Waals surface area contributed by atoms with Crippen molar-refractivity contribution in [3.05, 3.63) is 29.6 Å². The maximum atomic E-state index is 11.9. The fourth-order valence-corrected chi connectivity index (χ4v) is 1.47. The number of ether oxygens (including phenoxy) is 1. The molecule has 0 saturated carbocycles. The number of hydrogen-bond donors (Lipinski definition) is 2. The van der Waals surface area contributed by atoms with E-state index in [4.69, 9.17) is 9.84 Å². The predicted molar refractivity (Wildman–Crippen MR) is 76.4 cm³/mol. The van der Waals surface area contributed by atoms with Crippen molar-refractivity contribution >= 4 is 11.9 Å². The van der Waals surface area contributed by atoms with Gasteiger partial charge in [-0.15, -0.1) is 0 Å². The van der Waals surface area contributed by atoms with Gasteiger partial charge in [-0.25, -0.2) is 0 Å². The second-order valence-corrected chi connectivity index (χ2v) is 4.05. The van der Waals surface area contributed by atoms with Gasteiger partial charge in [0, 0.05) is 30.9 Å². The van der Waals surface area contributed by atoms with Crippen LogP contribution in [0.15, 0.2) is 18.5 Å². The average Bonchev–Trinajstić information content (AvgIpc) is 2.48. The molecular weight excluding hydrogens is 272 g/mol. The molecule has 0 spiro atoms. The molecule has 21 heavy (non-hydrogen) atoms. The molecule has 0 aliphatic heterocycles. The van der Waals surface area contributed by atoms with E-state index in [0.717, 1.165) is 0 Å². The van der Waals surface area contributed by atoms with Crippen LogP contribution in [0.4, 0.5) is 0 Å². The molecule has 6 nitrogen and oxygen atoms in total. The van der Waals surface area contributed by atoms with Crippen molar-refractivity contribution in [2.24, 2.45) is 0 Å². The molecule has 1 amide bonds. The van der Waals surface area contributed by atoms with Gasteiger partial charge in [0.1, 0.15) is 0 Å². The average molecular weight is 290 g/mol. The Balaban J connectivity index is 2.53. The Morgan fingerprint density at radius 1 is 1.43 bits per heavy atom. The van der Waals surface area contributed by atoms with Crippen LogP contribution in [0.5, 0.6) is 0 Å². The summed E-state index contributed by atoms with van der Waals surface area (Å²) in [6, 6.07) is 1.61. The van der Waals surface area contributed by atoms with E-state index in [1.165, 1.54) is 6.20 Å². The molecule has 0 unspecified atom stereocenters. The quantitative estimate of drug-likeness (QED) is 0.588. The lowest BCUT2D eigenvalue weighted by Gasteiger charge is -2.05. The van der Waals surface area contributed by atoms with E-state index in [1.807, 2.05) is 0 Å². The molecule has 0 saturated heterocycles. The summed E-state index contributed by atoms with van der Waals surface area (Å²) in [4.78, 5) is 27.0. The summed E-state index contributed by atoms with van der Waals surface area (Å²) in [5, 5.41) is 11.3. The number of hydrogen-bond acceptors (Lipinski definition) is 5. The van der Waals surface area contributed by atoms with Crippen molar-refractivity contribution in [3.8, 4) is 11.8 Å². The van der Waals surface area contributed by atoms with Crippen molar-refractivity contribution in [3.63, 3.8) is 0 Å². The van der Waals surface area contributed by atoms with Gasteiger partial charge < -0.3 is 15.2 Å². The van der Waals surface area contributed by atoms with E-state index in [2.05, 4.69) is 22.1 Å². The molecule has 0 aliphatic carbocycles. The number of carbonyl (C=O) groups is 2. The van der Waals surface area contributed by atoms with Crippen molar-refractivity contribution < 1.29 is 19.4 Å². The third kappa shape index (κ3) is 6.54. The van der Waals surface area contributed by atoms with Crippen molar-refractivity contribution in [2.45, 2.75) is 19.8 Å². The Kier molecular flexibility index (Phi) is 7.54. The summed E-state index contributed by atoms with van der Waals surface area (Å²) in [6.45, 7) is 2.25. The fraction of sp³-hybridized carbons (Fsp3) is 0.400. The summed E-state index contributed by atoms with van der Waals surface area (Å²) in [5.74, 6) is 4.89. The molecular formula is C15H18N2O4. The van der Waals surface area contributed by atoms with Gasteiger partial charge in [0.05, 0.1) is 25.2 Å².